The van der Waals surface area contributed by atoms with E-state index >= 15 is 0 Å². The first-order valence-electron chi connectivity index (χ1n) is 39.0. The molecule has 0 aromatic heterocycles. The molecule has 8 saturated carbocycles. The fraction of sp³-hybridized carbons (Fsp3) is 0.690. The van der Waals surface area contributed by atoms with E-state index in [1.54, 1.807) is 24.0 Å². The Morgan fingerprint density at radius 3 is 1.19 bits per heavy atom. The maximum atomic E-state index is 14.2. The van der Waals surface area contributed by atoms with Crippen LogP contribution in [0.1, 0.15) is 191 Å². The van der Waals surface area contributed by atoms with Crippen molar-refractivity contribution in [3.63, 3.8) is 0 Å². The second kappa shape index (κ2) is 34.1. The molecule has 10 aliphatic rings. The highest BCUT2D eigenvalue weighted by Crippen LogP contribution is 2.62. The van der Waals surface area contributed by atoms with Crippen molar-refractivity contribution in [3.8, 4) is 0 Å². The first-order chi connectivity index (χ1) is 47.9. The minimum absolute atomic E-state index is 0.105. The number of carbonyl (C=O) groups excluding carboxylic acids is 2. The molecule has 16 heteroatoms. The zero-order valence-corrected chi connectivity index (χ0v) is 63.0. The van der Waals surface area contributed by atoms with Gasteiger partial charge in [0, 0.05) is 75.3 Å². The molecule has 18 atom stereocenters. The van der Waals surface area contributed by atoms with Crippen molar-refractivity contribution in [3.05, 3.63) is 143 Å². The molecule has 2 amide bonds. The van der Waals surface area contributed by atoms with Crippen molar-refractivity contribution in [1.29, 1.82) is 0 Å². The second-order valence-corrected chi connectivity index (χ2v) is 34.2. The van der Waals surface area contributed by atoms with Crippen LogP contribution < -0.4 is 10.6 Å². The Balaban J connectivity index is 0.000000202. The summed E-state index contributed by atoms with van der Waals surface area (Å²) in [5, 5.41) is 52.7. The molecule has 0 spiro atoms. The molecule has 18 unspecified atom stereocenters. The van der Waals surface area contributed by atoms with Gasteiger partial charge >= 0.3 is 0 Å². The normalized spacial score (nSPS) is 31.0. The van der Waals surface area contributed by atoms with Crippen LogP contribution in [0, 0.1) is 70.0 Å². The smallest absolute Gasteiger partial charge is 0.240 e. The molecule has 16 nitrogen and oxygen atoms in total. The van der Waals surface area contributed by atoms with Crippen LogP contribution in [0.3, 0.4) is 0 Å². The van der Waals surface area contributed by atoms with Crippen molar-refractivity contribution in [2.45, 2.75) is 232 Å². The van der Waals surface area contributed by atoms with Crippen LogP contribution >= 0.6 is 0 Å². The molecule has 2 saturated heterocycles. The average Bonchev–Trinajstić information content (AvgIpc) is 0.905. The predicted molar refractivity (Wildman–Crippen MR) is 397 cm³/mol. The average molecular weight is 1380 g/mol. The Kier molecular flexibility index (Phi) is 26.0. The first kappa shape index (κ1) is 76.5. The predicted octanol–water partition coefficient (Wildman–Crippen LogP) is 12.1. The summed E-state index contributed by atoms with van der Waals surface area (Å²) in [7, 11) is 8.60. The lowest BCUT2D eigenvalue weighted by atomic mass is 9.45. The van der Waals surface area contributed by atoms with Gasteiger partial charge in [0.05, 0.1) is 38.5 Å². The summed E-state index contributed by atoms with van der Waals surface area (Å²) in [5.41, 5.74) is 8.05. The van der Waals surface area contributed by atoms with E-state index in [4.69, 9.17) is 9.68 Å². The molecule has 6 N–H and O–H groups in total. The summed E-state index contributed by atoms with van der Waals surface area (Å²) in [6, 6.07) is 39.1. The van der Waals surface area contributed by atoms with Crippen molar-refractivity contribution in [2.24, 2.45) is 70.0 Å². The molecule has 100 heavy (non-hydrogen) atoms. The third-order valence-corrected chi connectivity index (χ3v) is 26.5. The molecule has 4 bridgehead atoms. The standard InChI is InChI=1S/2C42H64N4O4/c2*1-28-35-23-34(42(35,3)4)24-36(28)43-41(49)40-38(29(2)48)37(27-47)50-46(40)26-31-15-13-14-30(22-31)25-45(21-20-44(5)6)39(32-16-9-7-10-17-32)33-18-11-8-12-19-33/h2*7,9-10,13-17,22,28-29,33-40,47-48H,8,11-12,18-21,23-27H2,1-6H3,(H,43,49). The Bertz CT molecular complexity index is 3000. The molecule has 552 valence electrons. The number of carbonyl (C=O) groups is 2. The highest BCUT2D eigenvalue weighted by Gasteiger charge is 2.59. The highest BCUT2D eigenvalue weighted by molar-refractivity contribution is 5.83. The Morgan fingerprint density at radius 2 is 0.870 bits per heavy atom. The number of rotatable bonds is 28. The van der Waals surface area contributed by atoms with Crippen molar-refractivity contribution >= 4 is 11.8 Å². The van der Waals surface area contributed by atoms with Gasteiger partial charge < -0.3 is 40.9 Å². The Hall–Kier alpha value is -4.66. The van der Waals surface area contributed by atoms with E-state index in [2.05, 4.69) is 209 Å². The van der Waals surface area contributed by atoms with Gasteiger partial charge in [-0.3, -0.25) is 29.1 Å². The van der Waals surface area contributed by atoms with Gasteiger partial charge in [-0.15, -0.1) is 0 Å². The molecule has 14 rings (SSSR count). The second-order valence-electron chi connectivity index (χ2n) is 34.2. The summed E-state index contributed by atoms with van der Waals surface area (Å²) in [6.07, 6.45) is 14.5. The summed E-state index contributed by atoms with van der Waals surface area (Å²) < 4.78 is 0. The number of hydrogen-bond acceptors (Lipinski definition) is 14. The molecule has 2 heterocycles. The minimum Gasteiger partial charge on any atom is -0.394 e. The topological polar surface area (TPSA) is 177 Å². The van der Waals surface area contributed by atoms with Crippen LogP contribution in [0.15, 0.2) is 109 Å². The van der Waals surface area contributed by atoms with E-state index in [9.17, 15) is 30.0 Å². The third kappa shape index (κ3) is 17.5. The summed E-state index contributed by atoms with van der Waals surface area (Å²) >= 11 is 0. The van der Waals surface area contributed by atoms with Crippen molar-refractivity contribution in [2.75, 3.05) is 67.6 Å². The number of benzene rings is 4. The number of hydroxylamine groups is 4. The molecule has 10 fully saturated rings. The third-order valence-electron chi connectivity index (χ3n) is 26.5. The number of aliphatic hydroxyl groups is 4. The zero-order chi connectivity index (χ0) is 71.2. The minimum atomic E-state index is -0.810. The van der Waals surface area contributed by atoms with E-state index in [1.807, 2.05) is 0 Å². The molecule has 0 radical (unpaired) electrons. The summed E-state index contributed by atoms with van der Waals surface area (Å²) in [5.74, 6) is 3.26. The van der Waals surface area contributed by atoms with Gasteiger partial charge in [0.2, 0.25) is 11.8 Å². The molecule has 2 aliphatic heterocycles. The lowest BCUT2D eigenvalue weighted by Crippen LogP contribution is -2.62. The maximum absolute atomic E-state index is 14.2. The van der Waals surface area contributed by atoms with E-state index < -0.39 is 48.3 Å². The van der Waals surface area contributed by atoms with Gasteiger partial charge in [0.15, 0.2) is 0 Å². The lowest BCUT2D eigenvalue weighted by Gasteiger charge is -2.62. The van der Waals surface area contributed by atoms with E-state index in [0.717, 1.165) is 63.2 Å². The fourth-order valence-corrected chi connectivity index (χ4v) is 20.5. The number of fused-ring (bicyclic) bond motifs is 4. The van der Waals surface area contributed by atoms with Crippen molar-refractivity contribution in [1.82, 2.24) is 40.4 Å². The molecule has 4 aromatic carbocycles. The van der Waals surface area contributed by atoms with Gasteiger partial charge in [-0.1, -0.05) is 189 Å². The number of amides is 2. The van der Waals surface area contributed by atoms with Crippen LogP contribution in [-0.4, -0.2) is 178 Å². The van der Waals surface area contributed by atoms with Gasteiger partial charge in [-0.25, -0.2) is 0 Å². The van der Waals surface area contributed by atoms with Gasteiger partial charge in [-0.2, -0.15) is 10.1 Å². The van der Waals surface area contributed by atoms with Crippen LogP contribution in [0.2, 0.25) is 0 Å². The Labute approximate surface area is 601 Å². The summed E-state index contributed by atoms with van der Waals surface area (Å²) in [4.78, 5) is 50.9. The largest absolute Gasteiger partial charge is 0.394 e. The SMILES string of the molecule is CC(O)C1C(CO)ON(Cc2cccc(CN(CCN(C)C)C(c3ccccc3)C3CCCCC3)c2)C1C(=O)NC1CC2CC(C1C)C2(C)C.CC(O)C1C(CO)ON(Cc2cccc(CN(CCN(C)C)C(c3ccccc3)C3CCCCC3)c2)C1C(=O)NC1CC2CC(C1C)C2(C)C. The maximum Gasteiger partial charge on any atom is 0.240 e. The van der Waals surface area contributed by atoms with E-state index in [-0.39, 0.29) is 37.1 Å². The number of nitrogens with one attached hydrogen (secondary N) is 2. The number of hydrogen-bond donors (Lipinski definition) is 6. The zero-order valence-electron chi connectivity index (χ0n) is 63.0. The molecular formula is C84H128N8O8. The van der Waals surface area contributed by atoms with Gasteiger partial charge in [0.25, 0.3) is 0 Å². The molecular weight excluding hydrogens is 1250 g/mol. The Morgan fingerprint density at radius 1 is 0.510 bits per heavy atom. The molecule has 8 aliphatic carbocycles. The number of nitrogens with zero attached hydrogens (tertiary/aromatic N) is 6. The fourth-order valence-electron chi connectivity index (χ4n) is 20.5. The van der Waals surface area contributed by atoms with Crippen molar-refractivity contribution < 1.29 is 39.7 Å². The summed E-state index contributed by atoms with van der Waals surface area (Å²) in [6.45, 7) is 23.3. The highest BCUT2D eigenvalue weighted by atomic mass is 16.7. The lowest BCUT2D eigenvalue weighted by molar-refractivity contribution is -0.183. The van der Waals surface area contributed by atoms with Crippen LogP contribution in [0.4, 0.5) is 0 Å². The van der Waals surface area contributed by atoms with E-state index in [1.165, 1.54) is 99.3 Å². The number of likely N-dealkylation sites (N-methyl/N-ethyl adjacent to an activating group) is 2. The van der Waals surface area contributed by atoms with Gasteiger partial charge in [-0.05, 0) is 185 Å². The van der Waals surface area contributed by atoms with Crippen LogP contribution in [-0.2, 0) is 45.4 Å². The molecule has 4 aromatic rings. The van der Waals surface area contributed by atoms with Crippen LogP contribution in [0.25, 0.3) is 0 Å². The number of aliphatic hydroxyl groups excluding tert-OH is 4. The first-order valence-corrected chi connectivity index (χ1v) is 39.0. The van der Waals surface area contributed by atoms with E-state index in [0.29, 0.717) is 83.3 Å². The van der Waals surface area contributed by atoms with Gasteiger partial charge in [0.1, 0.15) is 24.3 Å². The quantitative estimate of drug-likeness (QED) is 0.0317. The van der Waals surface area contributed by atoms with Crippen LogP contribution in [0.5, 0.6) is 0 Å². The monoisotopic (exact) mass is 1380 g/mol.